The summed E-state index contributed by atoms with van der Waals surface area (Å²) in [6, 6.07) is 11.9. The molecular weight excluding hydrogens is 334 g/mol. The number of anilines is 1. The third kappa shape index (κ3) is 5.62. The monoisotopic (exact) mass is 355 g/mol. The average molecular weight is 355 g/mol. The number of urea groups is 1. The largest absolute Gasteiger partial charge is 0.479 e. The number of carboxylic acid groups (broad SMARTS) is 1. The number of nitrogens with one attached hydrogen (secondary N) is 2. The van der Waals surface area contributed by atoms with Crippen LogP contribution < -0.4 is 15.5 Å². The number of benzene rings is 2. The second kappa shape index (κ2) is 8.66. The van der Waals surface area contributed by atoms with Crippen molar-refractivity contribution in [3.8, 4) is 5.75 Å². The molecule has 2 aromatic carbocycles. The summed E-state index contributed by atoms with van der Waals surface area (Å²) in [5.74, 6) is -0.591. The molecule has 0 saturated heterocycles. The van der Waals surface area contributed by atoms with Gasteiger partial charge in [0.05, 0.1) is 6.21 Å². The van der Waals surface area contributed by atoms with Crippen molar-refractivity contribution >= 4 is 23.9 Å². The predicted molar refractivity (Wildman–Crippen MR) is 99.8 cm³/mol. The maximum atomic E-state index is 11.8. The minimum absolute atomic E-state index is 0.442. The fourth-order valence-corrected chi connectivity index (χ4v) is 2.03. The standard InChI is InChI=1S/C19H21N3O4/c1-12-4-7-16(10-13(12)2)21-19(25)22-20-11-15-5-8-17(9-6-15)26-14(3)18(23)24/h4-11,14H,1-3H3,(H,23,24)(H2,21,22,25)/b20-11+/t14-/m0/s1. The molecule has 0 spiro atoms. The fourth-order valence-electron chi connectivity index (χ4n) is 2.03. The second-order valence-corrected chi connectivity index (χ2v) is 5.79. The molecule has 2 rings (SSSR count). The topological polar surface area (TPSA) is 100 Å². The molecule has 0 aliphatic heterocycles. The molecule has 2 amide bonds. The number of rotatable bonds is 6. The molecule has 136 valence electrons. The van der Waals surface area contributed by atoms with Gasteiger partial charge >= 0.3 is 12.0 Å². The first-order valence-electron chi connectivity index (χ1n) is 8.02. The summed E-state index contributed by atoms with van der Waals surface area (Å²) < 4.78 is 5.23. The van der Waals surface area contributed by atoms with E-state index >= 15 is 0 Å². The molecule has 7 nitrogen and oxygen atoms in total. The zero-order valence-electron chi connectivity index (χ0n) is 14.8. The zero-order valence-corrected chi connectivity index (χ0v) is 14.8. The quantitative estimate of drug-likeness (QED) is 0.547. The number of amides is 2. The van der Waals surface area contributed by atoms with E-state index in [2.05, 4.69) is 15.8 Å². The highest BCUT2D eigenvalue weighted by molar-refractivity contribution is 5.90. The van der Waals surface area contributed by atoms with E-state index in [0.717, 1.165) is 16.7 Å². The van der Waals surface area contributed by atoms with Gasteiger partial charge in [-0.2, -0.15) is 5.10 Å². The lowest BCUT2D eigenvalue weighted by Gasteiger charge is -2.10. The molecule has 26 heavy (non-hydrogen) atoms. The van der Waals surface area contributed by atoms with Gasteiger partial charge in [0.2, 0.25) is 0 Å². The van der Waals surface area contributed by atoms with Crippen molar-refractivity contribution in [3.05, 3.63) is 59.2 Å². The lowest BCUT2D eigenvalue weighted by atomic mass is 10.1. The first-order chi connectivity index (χ1) is 12.3. The first kappa shape index (κ1) is 19.0. The van der Waals surface area contributed by atoms with Crippen LogP contribution in [0.2, 0.25) is 0 Å². The van der Waals surface area contributed by atoms with Crippen LogP contribution in [-0.4, -0.2) is 29.4 Å². The Hall–Kier alpha value is -3.35. The Balaban J connectivity index is 1.86. The number of carbonyl (C=O) groups is 2. The number of aliphatic carboxylic acids is 1. The van der Waals surface area contributed by atoms with E-state index in [-0.39, 0.29) is 0 Å². The van der Waals surface area contributed by atoms with Crippen LogP contribution in [0, 0.1) is 13.8 Å². The molecule has 1 atom stereocenters. The van der Waals surface area contributed by atoms with Gasteiger partial charge in [-0.15, -0.1) is 0 Å². The molecule has 0 fully saturated rings. The summed E-state index contributed by atoms with van der Waals surface area (Å²) in [5.41, 5.74) is 6.04. The molecule has 0 saturated carbocycles. The van der Waals surface area contributed by atoms with Crippen LogP contribution in [0.5, 0.6) is 5.75 Å². The molecule has 0 heterocycles. The van der Waals surface area contributed by atoms with Gasteiger partial charge in [-0.05, 0) is 73.9 Å². The Morgan fingerprint density at radius 2 is 1.81 bits per heavy atom. The average Bonchev–Trinajstić information content (AvgIpc) is 2.59. The summed E-state index contributed by atoms with van der Waals surface area (Å²) in [4.78, 5) is 22.6. The SMILES string of the molecule is Cc1ccc(NC(=O)N/N=C/c2ccc(O[C@@H](C)C(=O)O)cc2)cc1C. The Labute approximate surface area is 151 Å². The van der Waals surface area contributed by atoms with Gasteiger partial charge < -0.3 is 15.2 Å². The molecule has 0 aliphatic carbocycles. The summed E-state index contributed by atoms with van der Waals surface area (Å²) in [5, 5.41) is 15.4. The number of aryl methyl sites for hydroxylation is 2. The van der Waals surface area contributed by atoms with E-state index in [1.54, 1.807) is 24.3 Å². The Bertz CT molecular complexity index is 816. The van der Waals surface area contributed by atoms with Gasteiger partial charge in [0.15, 0.2) is 6.10 Å². The smallest absolute Gasteiger partial charge is 0.344 e. The predicted octanol–water partition coefficient (Wildman–Crippen LogP) is 3.31. The number of hydrazone groups is 1. The van der Waals surface area contributed by atoms with Gasteiger partial charge in [0, 0.05) is 5.69 Å². The molecule has 0 unspecified atom stereocenters. The Morgan fingerprint density at radius 3 is 2.42 bits per heavy atom. The number of hydrogen-bond donors (Lipinski definition) is 3. The van der Waals surface area contributed by atoms with Gasteiger partial charge in [-0.25, -0.2) is 15.0 Å². The number of hydrogen-bond acceptors (Lipinski definition) is 4. The fraction of sp³-hybridized carbons (Fsp3) is 0.211. The third-order valence-corrected chi connectivity index (χ3v) is 3.69. The number of carbonyl (C=O) groups excluding carboxylic acids is 1. The molecule has 0 radical (unpaired) electrons. The summed E-state index contributed by atoms with van der Waals surface area (Å²) in [6.45, 7) is 5.43. The van der Waals surface area contributed by atoms with Crippen molar-refractivity contribution in [1.29, 1.82) is 0 Å². The maximum absolute atomic E-state index is 11.8. The molecule has 3 N–H and O–H groups in total. The van der Waals surface area contributed by atoms with E-state index < -0.39 is 18.1 Å². The van der Waals surface area contributed by atoms with Crippen LogP contribution in [0.3, 0.4) is 0 Å². The number of nitrogens with zero attached hydrogens (tertiary/aromatic N) is 1. The van der Waals surface area contributed by atoms with E-state index in [4.69, 9.17) is 9.84 Å². The van der Waals surface area contributed by atoms with Gasteiger partial charge in [0.1, 0.15) is 5.75 Å². The lowest BCUT2D eigenvalue weighted by molar-refractivity contribution is -0.144. The molecule has 2 aromatic rings. The van der Waals surface area contributed by atoms with Crippen LogP contribution in [0.25, 0.3) is 0 Å². The highest BCUT2D eigenvalue weighted by Gasteiger charge is 2.11. The van der Waals surface area contributed by atoms with Crippen molar-refractivity contribution in [2.24, 2.45) is 5.10 Å². The van der Waals surface area contributed by atoms with Crippen LogP contribution in [-0.2, 0) is 4.79 Å². The molecule has 7 heteroatoms. The van der Waals surface area contributed by atoms with Crippen LogP contribution >= 0.6 is 0 Å². The van der Waals surface area contributed by atoms with Crippen LogP contribution in [0.4, 0.5) is 10.5 Å². The van der Waals surface area contributed by atoms with Crippen LogP contribution in [0.1, 0.15) is 23.6 Å². The lowest BCUT2D eigenvalue weighted by Crippen LogP contribution is -2.24. The number of ether oxygens (including phenoxy) is 1. The van der Waals surface area contributed by atoms with Crippen molar-refractivity contribution in [1.82, 2.24) is 5.43 Å². The normalized spacial score (nSPS) is 11.8. The minimum Gasteiger partial charge on any atom is -0.479 e. The maximum Gasteiger partial charge on any atom is 0.344 e. The van der Waals surface area contributed by atoms with E-state index in [9.17, 15) is 9.59 Å². The summed E-state index contributed by atoms with van der Waals surface area (Å²) in [6.07, 6.45) is 0.551. The van der Waals surface area contributed by atoms with Crippen molar-refractivity contribution in [2.45, 2.75) is 26.9 Å². The first-order valence-corrected chi connectivity index (χ1v) is 8.02. The van der Waals surface area contributed by atoms with E-state index in [0.29, 0.717) is 11.4 Å². The van der Waals surface area contributed by atoms with E-state index in [1.165, 1.54) is 13.1 Å². The van der Waals surface area contributed by atoms with Gasteiger partial charge in [-0.1, -0.05) is 6.07 Å². The Kier molecular flexibility index (Phi) is 6.32. The van der Waals surface area contributed by atoms with Crippen molar-refractivity contribution in [3.63, 3.8) is 0 Å². The molecule has 0 aromatic heterocycles. The molecule has 0 bridgehead atoms. The van der Waals surface area contributed by atoms with Gasteiger partial charge in [-0.3, -0.25) is 0 Å². The molecular formula is C19H21N3O4. The Morgan fingerprint density at radius 1 is 1.12 bits per heavy atom. The van der Waals surface area contributed by atoms with Crippen molar-refractivity contribution < 1.29 is 19.4 Å². The highest BCUT2D eigenvalue weighted by Crippen LogP contribution is 2.14. The second-order valence-electron chi connectivity index (χ2n) is 5.79. The van der Waals surface area contributed by atoms with Gasteiger partial charge in [0.25, 0.3) is 0 Å². The number of carboxylic acids is 1. The van der Waals surface area contributed by atoms with Crippen molar-refractivity contribution in [2.75, 3.05) is 5.32 Å². The zero-order chi connectivity index (χ0) is 19.1. The summed E-state index contributed by atoms with van der Waals surface area (Å²) >= 11 is 0. The highest BCUT2D eigenvalue weighted by atomic mass is 16.5. The van der Waals surface area contributed by atoms with Crippen LogP contribution in [0.15, 0.2) is 47.6 Å². The third-order valence-electron chi connectivity index (χ3n) is 3.69. The molecule has 0 aliphatic rings. The van der Waals surface area contributed by atoms with E-state index in [1.807, 2.05) is 32.0 Å². The summed E-state index contributed by atoms with van der Waals surface area (Å²) in [7, 11) is 0. The minimum atomic E-state index is -1.03.